The topological polar surface area (TPSA) is 149 Å². The number of hydrogen-bond donors (Lipinski definition) is 5. The summed E-state index contributed by atoms with van der Waals surface area (Å²) in [6, 6.07) is 9.23. The quantitative estimate of drug-likeness (QED) is 0.266. The van der Waals surface area contributed by atoms with Crippen molar-refractivity contribution in [1.82, 2.24) is 20.1 Å². The molecule has 0 bridgehead atoms. The number of aliphatic hydroxyl groups is 3. The Bertz CT molecular complexity index is 1270. The van der Waals surface area contributed by atoms with Crippen molar-refractivity contribution in [2.45, 2.75) is 45.1 Å². The van der Waals surface area contributed by atoms with Gasteiger partial charge in [0.2, 0.25) is 5.95 Å². The van der Waals surface area contributed by atoms with Gasteiger partial charge in [-0.2, -0.15) is 4.98 Å². The predicted molar refractivity (Wildman–Crippen MR) is 129 cm³/mol. The summed E-state index contributed by atoms with van der Waals surface area (Å²) in [5.74, 6) is 1.20. The van der Waals surface area contributed by atoms with Gasteiger partial charge in [-0.1, -0.05) is 17.3 Å². The van der Waals surface area contributed by atoms with Crippen LogP contribution in [-0.4, -0.2) is 60.3 Å². The first-order valence-corrected chi connectivity index (χ1v) is 11.9. The van der Waals surface area contributed by atoms with Gasteiger partial charge in [-0.3, -0.25) is 0 Å². The third-order valence-electron chi connectivity index (χ3n) is 6.06. The second-order valence-electron chi connectivity index (χ2n) is 8.54. The van der Waals surface area contributed by atoms with E-state index in [1.165, 1.54) is 11.3 Å². The summed E-state index contributed by atoms with van der Waals surface area (Å²) in [6.07, 6.45) is -1.64. The van der Waals surface area contributed by atoms with Gasteiger partial charge in [0.1, 0.15) is 28.4 Å². The van der Waals surface area contributed by atoms with E-state index < -0.39 is 24.2 Å². The molecule has 1 aromatic carbocycles. The average Bonchev–Trinajstić information content (AvgIpc) is 3.51. The molecule has 0 aliphatic heterocycles. The summed E-state index contributed by atoms with van der Waals surface area (Å²) in [6.45, 7) is 3.89. The molecule has 3 aromatic heterocycles. The first-order valence-electron chi connectivity index (χ1n) is 11.1. The Balaban J connectivity index is 1.51. The first kappa shape index (κ1) is 22.7. The van der Waals surface area contributed by atoms with E-state index in [-0.39, 0.29) is 6.61 Å². The number of anilines is 2. The fourth-order valence-corrected chi connectivity index (χ4v) is 5.35. The SMILES string of the molecule is Cc1cc(CNc2nc(C)c(-c3nc4ccccc4s3)c(N[C@@H]3C[C@H](CO)[C@@H](O)[C@H]3O)n2)no1. The van der Waals surface area contributed by atoms with Crippen LogP contribution in [-0.2, 0) is 6.54 Å². The third-order valence-corrected chi connectivity index (χ3v) is 7.11. The maximum absolute atomic E-state index is 10.6. The Morgan fingerprint density at radius 1 is 1.12 bits per heavy atom. The van der Waals surface area contributed by atoms with Gasteiger partial charge in [0.25, 0.3) is 0 Å². The Morgan fingerprint density at radius 2 is 1.94 bits per heavy atom. The number of hydrogen-bond acceptors (Lipinski definition) is 11. The highest BCUT2D eigenvalue weighted by Crippen LogP contribution is 2.38. The zero-order valence-corrected chi connectivity index (χ0v) is 19.6. The van der Waals surface area contributed by atoms with Crippen LogP contribution < -0.4 is 10.6 Å². The lowest BCUT2D eigenvalue weighted by molar-refractivity contribution is 0.00446. The highest BCUT2D eigenvalue weighted by molar-refractivity contribution is 7.21. The van der Waals surface area contributed by atoms with E-state index in [1.807, 2.05) is 44.2 Å². The van der Waals surface area contributed by atoms with E-state index in [1.54, 1.807) is 0 Å². The minimum Gasteiger partial charge on any atom is -0.396 e. The molecule has 10 nitrogen and oxygen atoms in total. The molecular formula is C23H26N6O4S. The van der Waals surface area contributed by atoms with Crippen LogP contribution in [0, 0.1) is 19.8 Å². The summed E-state index contributed by atoms with van der Waals surface area (Å²) in [5, 5.41) is 41.6. The van der Waals surface area contributed by atoms with Gasteiger partial charge in [-0.25, -0.2) is 9.97 Å². The number of para-hydroxylation sites is 1. The second-order valence-corrected chi connectivity index (χ2v) is 9.57. The summed E-state index contributed by atoms with van der Waals surface area (Å²) < 4.78 is 6.16. The van der Waals surface area contributed by atoms with Gasteiger partial charge >= 0.3 is 0 Å². The second kappa shape index (κ2) is 9.26. The van der Waals surface area contributed by atoms with Crippen molar-refractivity contribution in [3.63, 3.8) is 0 Å². The van der Waals surface area contributed by atoms with Gasteiger partial charge in [0.05, 0.1) is 40.2 Å². The molecule has 4 atom stereocenters. The Hall–Kier alpha value is -3.12. The van der Waals surface area contributed by atoms with Gasteiger partial charge in [0.15, 0.2) is 0 Å². The molecule has 0 amide bonds. The van der Waals surface area contributed by atoms with Crippen LogP contribution in [0.1, 0.15) is 23.6 Å². The van der Waals surface area contributed by atoms with Crippen LogP contribution in [0.25, 0.3) is 20.8 Å². The van der Waals surface area contributed by atoms with Gasteiger partial charge < -0.3 is 30.5 Å². The normalized spacial score (nSPS) is 22.4. The number of fused-ring (bicyclic) bond motifs is 1. The predicted octanol–water partition coefficient (Wildman–Crippen LogP) is 2.48. The molecule has 1 fully saturated rings. The van der Waals surface area contributed by atoms with E-state index in [9.17, 15) is 15.3 Å². The number of aryl methyl sites for hydroxylation is 2. The number of thiazole rings is 1. The van der Waals surface area contributed by atoms with Crippen LogP contribution >= 0.6 is 11.3 Å². The molecule has 0 unspecified atom stereocenters. The van der Waals surface area contributed by atoms with E-state index in [0.29, 0.717) is 30.4 Å². The van der Waals surface area contributed by atoms with Crippen molar-refractivity contribution in [2.24, 2.45) is 5.92 Å². The molecule has 0 saturated heterocycles. The zero-order chi connectivity index (χ0) is 23.8. The summed E-state index contributed by atoms with van der Waals surface area (Å²) in [7, 11) is 0. The largest absolute Gasteiger partial charge is 0.396 e. The van der Waals surface area contributed by atoms with Gasteiger partial charge in [0, 0.05) is 18.6 Å². The maximum atomic E-state index is 10.6. The summed E-state index contributed by atoms with van der Waals surface area (Å²) in [4.78, 5) is 14.1. The third kappa shape index (κ3) is 4.34. The lowest BCUT2D eigenvalue weighted by atomic mass is 10.1. The summed E-state index contributed by atoms with van der Waals surface area (Å²) in [5.41, 5.74) is 3.05. The first-order chi connectivity index (χ1) is 16.4. The van der Waals surface area contributed by atoms with Crippen LogP contribution in [0.2, 0.25) is 0 Å². The highest BCUT2D eigenvalue weighted by atomic mass is 32.1. The fraction of sp³-hybridized carbons (Fsp3) is 0.391. The van der Waals surface area contributed by atoms with Crippen molar-refractivity contribution in [3.05, 3.63) is 47.5 Å². The molecule has 34 heavy (non-hydrogen) atoms. The molecule has 178 valence electrons. The van der Waals surface area contributed by atoms with E-state index >= 15 is 0 Å². The van der Waals surface area contributed by atoms with Crippen molar-refractivity contribution in [3.8, 4) is 10.6 Å². The standard InChI is InChI=1S/C23H26N6O4S/c1-11-7-14(29-33-11)9-24-23-25-12(2)18(22-27-15-5-3-4-6-17(15)34-22)21(28-23)26-16-8-13(10-30)19(31)20(16)32/h3-7,13,16,19-20,30-32H,8-10H2,1-2H3,(H2,24,25,26,28)/t13-,16-,19-,20+/m1/s1. The molecule has 5 N–H and O–H groups in total. The number of rotatable bonds is 7. The van der Waals surface area contributed by atoms with Crippen molar-refractivity contribution < 1.29 is 19.8 Å². The van der Waals surface area contributed by atoms with Crippen molar-refractivity contribution in [1.29, 1.82) is 0 Å². The molecule has 4 aromatic rings. The van der Waals surface area contributed by atoms with Gasteiger partial charge in [-0.15, -0.1) is 11.3 Å². The Kier molecular flexibility index (Phi) is 6.17. The number of nitrogens with one attached hydrogen (secondary N) is 2. The molecule has 0 radical (unpaired) electrons. The molecule has 0 spiro atoms. The van der Waals surface area contributed by atoms with E-state index in [4.69, 9.17) is 14.5 Å². The monoisotopic (exact) mass is 482 g/mol. The van der Waals surface area contributed by atoms with Crippen molar-refractivity contribution in [2.75, 3.05) is 17.2 Å². The smallest absolute Gasteiger partial charge is 0.225 e. The molecule has 5 rings (SSSR count). The molecule has 1 aliphatic rings. The van der Waals surface area contributed by atoms with Crippen LogP contribution in [0.3, 0.4) is 0 Å². The number of aromatic nitrogens is 4. The maximum Gasteiger partial charge on any atom is 0.225 e. The van der Waals surface area contributed by atoms with Crippen LogP contribution in [0.5, 0.6) is 0 Å². The molecule has 1 aliphatic carbocycles. The Labute approximate surface area is 199 Å². The number of nitrogens with zero attached hydrogens (tertiary/aromatic N) is 4. The zero-order valence-electron chi connectivity index (χ0n) is 18.8. The lowest BCUT2D eigenvalue weighted by Gasteiger charge is -2.21. The molecule has 3 heterocycles. The van der Waals surface area contributed by atoms with E-state index in [0.717, 1.165) is 32.2 Å². The van der Waals surface area contributed by atoms with Crippen molar-refractivity contribution >= 4 is 33.3 Å². The summed E-state index contributed by atoms with van der Waals surface area (Å²) >= 11 is 1.54. The minimum absolute atomic E-state index is 0.201. The average molecular weight is 483 g/mol. The van der Waals surface area contributed by atoms with E-state index in [2.05, 4.69) is 20.8 Å². The lowest BCUT2D eigenvalue weighted by Crippen LogP contribution is -2.35. The Morgan fingerprint density at radius 3 is 2.65 bits per heavy atom. The fourth-order valence-electron chi connectivity index (χ4n) is 4.29. The molecule has 1 saturated carbocycles. The molecule has 11 heteroatoms. The highest BCUT2D eigenvalue weighted by Gasteiger charge is 2.41. The minimum atomic E-state index is -1.04. The van der Waals surface area contributed by atoms with Crippen LogP contribution in [0.15, 0.2) is 34.9 Å². The number of aliphatic hydroxyl groups excluding tert-OH is 3. The van der Waals surface area contributed by atoms with Crippen LogP contribution in [0.4, 0.5) is 11.8 Å². The number of benzene rings is 1. The molecular weight excluding hydrogens is 456 g/mol. The van der Waals surface area contributed by atoms with Gasteiger partial charge in [-0.05, 0) is 32.4 Å².